The van der Waals surface area contributed by atoms with E-state index in [-0.39, 0.29) is 0 Å². The van der Waals surface area contributed by atoms with E-state index < -0.39 is 0 Å². The molecule has 4 nitrogen and oxygen atoms in total. The zero-order valence-electron chi connectivity index (χ0n) is 11.1. The molecule has 2 aromatic heterocycles. The van der Waals surface area contributed by atoms with Crippen LogP contribution >= 0.6 is 0 Å². The molecule has 4 heteroatoms. The second kappa shape index (κ2) is 5.98. The molecule has 0 aliphatic rings. The summed E-state index contributed by atoms with van der Waals surface area (Å²) in [6, 6.07) is 4.01. The topological polar surface area (TPSA) is 53.1 Å². The summed E-state index contributed by atoms with van der Waals surface area (Å²) in [4.78, 5) is 4.42. The molecule has 0 radical (unpaired) electrons. The fourth-order valence-electron chi connectivity index (χ4n) is 2.01. The maximum atomic E-state index is 5.75. The lowest BCUT2D eigenvalue weighted by Crippen LogP contribution is -2.09. The number of rotatable bonds is 6. The van der Waals surface area contributed by atoms with Crippen molar-refractivity contribution in [1.82, 2.24) is 9.55 Å². The largest absolute Gasteiger partial charge is 0.379 e. The van der Waals surface area contributed by atoms with E-state index in [0.29, 0.717) is 19.1 Å². The molecule has 2 heterocycles. The van der Waals surface area contributed by atoms with Crippen LogP contribution in [0.3, 0.4) is 0 Å². The Morgan fingerprint density at radius 3 is 3.00 bits per heavy atom. The van der Waals surface area contributed by atoms with Gasteiger partial charge in [0.1, 0.15) is 5.65 Å². The van der Waals surface area contributed by atoms with Crippen LogP contribution in [0.1, 0.15) is 19.4 Å². The van der Waals surface area contributed by atoms with E-state index in [1.165, 1.54) is 0 Å². The van der Waals surface area contributed by atoms with Crippen LogP contribution < -0.4 is 5.73 Å². The molecule has 0 aliphatic heterocycles. The van der Waals surface area contributed by atoms with Crippen LogP contribution in [0.15, 0.2) is 24.5 Å². The molecule has 0 saturated carbocycles. The molecule has 0 amide bonds. The average Bonchev–Trinajstić information content (AvgIpc) is 2.73. The van der Waals surface area contributed by atoms with E-state index in [0.717, 1.165) is 29.7 Å². The van der Waals surface area contributed by atoms with E-state index in [1.807, 2.05) is 12.3 Å². The van der Waals surface area contributed by atoms with E-state index in [4.69, 9.17) is 10.5 Å². The van der Waals surface area contributed by atoms with Crippen molar-refractivity contribution in [1.29, 1.82) is 0 Å². The Morgan fingerprint density at radius 1 is 1.44 bits per heavy atom. The molecule has 0 bridgehead atoms. The van der Waals surface area contributed by atoms with Crippen LogP contribution in [0.4, 0.5) is 0 Å². The quantitative estimate of drug-likeness (QED) is 0.796. The number of nitrogens with two attached hydrogens (primary N) is 1. The first-order valence-electron chi connectivity index (χ1n) is 6.43. The van der Waals surface area contributed by atoms with Gasteiger partial charge in [0, 0.05) is 37.5 Å². The summed E-state index contributed by atoms with van der Waals surface area (Å²) in [6.07, 6.45) is 3.89. The molecule has 2 rings (SSSR count). The maximum Gasteiger partial charge on any atom is 0.140 e. The summed E-state index contributed by atoms with van der Waals surface area (Å²) in [5, 5.41) is 1.14. The van der Waals surface area contributed by atoms with Gasteiger partial charge in [-0.05, 0) is 23.6 Å². The van der Waals surface area contributed by atoms with Gasteiger partial charge in [0.15, 0.2) is 0 Å². The molecule has 0 fully saturated rings. The van der Waals surface area contributed by atoms with Gasteiger partial charge >= 0.3 is 0 Å². The highest BCUT2D eigenvalue weighted by atomic mass is 16.5. The third-order valence-corrected chi connectivity index (χ3v) is 2.86. The van der Waals surface area contributed by atoms with Crippen molar-refractivity contribution in [3.63, 3.8) is 0 Å². The highest BCUT2D eigenvalue weighted by molar-refractivity contribution is 5.80. The summed E-state index contributed by atoms with van der Waals surface area (Å²) in [7, 11) is 0. The third-order valence-electron chi connectivity index (χ3n) is 2.86. The maximum absolute atomic E-state index is 5.75. The van der Waals surface area contributed by atoms with Crippen molar-refractivity contribution < 1.29 is 4.74 Å². The molecule has 2 aromatic rings. The first kappa shape index (κ1) is 13.1. The van der Waals surface area contributed by atoms with Crippen molar-refractivity contribution in [2.75, 3.05) is 13.2 Å². The van der Waals surface area contributed by atoms with E-state index >= 15 is 0 Å². The predicted molar refractivity (Wildman–Crippen MR) is 73.3 cm³/mol. The molecule has 0 aromatic carbocycles. The standard InChI is InChI=1S/C14H21N3O/c1-11(2)10-18-7-6-17-9-12(8-15)13-4-3-5-16-14(13)17/h3-5,9,11H,6-8,10,15H2,1-2H3. The summed E-state index contributed by atoms with van der Waals surface area (Å²) in [6.45, 7) is 7.18. The van der Waals surface area contributed by atoms with Gasteiger partial charge in [0.05, 0.1) is 6.61 Å². The Hall–Kier alpha value is -1.39. The van der Waals surface area contributed by atoms with Crippen LogP contribution in [0.25, 0.3) is 11.0 Å². The first-order chi connectivity index (χ1) is 8.72. The Balaban J connectivity index is 2.08. The lowest BCUT2D eigenvalue weighted by Gasteiger charge is -2.08. The highest BCUT2D eigenvalue weighted by Crippen LogP contribution is 2.18. The summed E-state index contributed by atoms with van der Waals surface area (Å²) < 4.78 is 7.73. The van der Waals surface area contributed by atoms with Crippen molar-refractivity contribution in [2.45, 2.75) is 26.9 Å². The van der Waals surface area contributed by atoms with Gasteiger partial charge in [-0.1, -0.05) is 13.8 Å². The first-order valence-corrected chi connectivity index (χ1v) is 6.43. The van der Waals surface area contributed by atoms with Crippen molar-refractivity contribution in [2.24, 2.45) is 11.7 Å². The monoisotopic (exact) mass is 247 g/mol. The fourth-order valence-corrected chi connectivity index (χ4v) is 2.01. The summed E-state index contributed by atoms with van der Waals surface area (Å²) in [5.41, 5.74) is 7.88. The molecule has 98 valence electrons. The number of aromatic nitrogens is 2. The predicted octanol–water partition coefficient (Wildman–Crippen LogP) is 2.17. The van der Waals surface area contributed by atoms with Crippen LogP contribution in [-0.4, -0.2) is 22.8 Å². The van der Waals surface area contributed by atoms with Crippen LogP contribution in [0.2, 0.25) is 0 Å². The van der Waals surface area contributed by atoms with Gasteiger partial charge in [-0.2, -0.15) is 0 Å². The summed E-state index contributed by atoms with van der Waals surface area (Å²) in [5.74, 6) is 0.573. The zero-order valence-corrected chi connectivity index (χ0v) is 11.1. The number of pyridine rings is 1. The van der Waals surface area contributed by atoms with Crippen molar-refractivity contribution >= 4 is 11.0 Å². The molecular formula is C14H21N3O. The average molecular weight is 247 g/mol. The lowest BCUT2D eigenvalue weighted by molar-refractivity contribution is 0.104. The van der Waals surface area contributed by atoms with Crippen molar-refractivity contribution in [3.8, 4) is 0 Å². The second-order valence-corrected chi connectivity index (χ2v) is 4.90. The minimum atomic E-state index is 0.544. The molecule has 2 N–H and O–H groups in total. The van der Waals surface area contributed by atoms with Crippen LogP contribution in [0.5, 0.6) is 0 Å². The number of hydrogen-bond donors (Lipinski definition) is 1. The molecule has 0 atom stereocenters. The Labute approximate surface area is 108 Å². The van der Waals surface area contributed by atoms with E-state index in [2.05, 4.69) is 35.7 Å². The summed E-state index contributed by atoms with van der Waals surface area (Å²) >= 11 is 0. The smallest absolute Gasteiger partial charge is 0.140 e. The molecule has 18 heavy (non-hydrogen) atoms. The van der Waals surface area contributed by atoms with E-state index in [9.17, 15) is 0 Å². The van der Waals surface area contributed by atoms with Gasteiger partial charge in [-0.3, -0.25) is 0 Å². The number of fused-ring (bicyclic) bond motifs is 1. The Bertz CT molecular complexity index is 505. The lowest BCUT2D eigenvalue weighted by atomic mass is 10.2. The number of nitrogens with zero attached hydrogens (tertiary/aromatic N) is 2. The minimum absolute atomic E-state index is 0.544. The SMILES string of the molecule is CC(C)COCCn1cc(CN)c2cccnc21. The van der Waals surface area contributed by atoms with Crippen LogP contribution in [-0.2, 0) is 17.8 Å². The normalized spacial score (nSPS) is 11.6. The van der Waals surface area contributed by atoms with Gasteiger partial charge < -0.3 is 15.0 Å². The van der Waals surface area contributed by atoms with Crippen LogP contribution in [0, 0.1) is 5.92 Å². The Kier molecular flexibility index (Phi) is 4.33. The molecule has 0 unspecified atom stereocenters. The Morgan fingerprint density at radius 2 is 2.28 bits per heavy atom. The zero-order chi connectivity index (χ0) is 13.0. The fraction of sp³-hybridized carbons (Fsp3) is 0.500. The molecular weight excluding hydrogens is 226 g/mol. The molecule has 0 spiro atoms. The van der Waals surface area contributed by atoms with Gasteiger partial charge in [-0.25, -0.2) is 4.98 Å². The number of hydrogen-bond acceptors (Lipinski definition) is 3. The highest BCUT2D eigenvalue weighted by Gasteiger charge is 2.07. The molecule has 0 aliphatic carbocycles. The minimum Gasteiger partial charge on any atom is -0.379 e. The number of ether oxygens (including phenoxy) is 1. The second-order valence-electron chi connectivity index (χ2n) is 4.90. The molecule has 0 saturated heterocycles. The third kappa shape index (κ3) is 2.89. The van der Waals surface area contributed by atoms with Gasteiger partial charge in [0.25, 0.3) is 0 Å². The van der Waals surface area contributed by atoms with Gasteiger partial charge in [-0.15, -0.1) is 0 Å². The van der Waals surface area contributed by atoms with Gasteiger partial charge in [0.2, 0.25) is 0 Å². The van der Waals surface area contributed by atoms with E-state index in [1.54, 1.807) is 0 Å². The van der Waals surface area contributed by atoms with Crippen molar-refractivity contribution in [3.05, 3.63) is 30.1 Å².